The molecule has 3 N–H and O–H groups in total. The maximum atomic E-state index is 13.6. The molecule has 43 heavy (non-hydrogen) atoms. The zero-order chi connectivity index (χ0) is 30.4. The molecule has 0 spiro atoms. The van der Waals surface area contributed by atoms with Crippen LogP contribution in [0.1, 0.15) is 43.7 Å². The molecular weight excluding hydrogens is 550 g/mol. The van der Waals surface area contributed by atoms with E-state index >= 15 is 0 Å². The third kappa shape index (κ3) is 9.56. The van der Waals surface area contributed by atoms with E-state index in [4.69, 9.17) is 19.3 Å². The van der Waals surface area contributed by atoms with Crippen molar-refractivity contribution in [2.45, 2.75) is 58.0 Å². The average molecular weight is 594 g/mol. The fourth-order valence-electron chi connectivity index (χ4n) is 5.33. The Morgan fingerprint density at radius 1 is 1.14 bits per heavy atom. The van der Waals surface area contributed by atoms with Crippen molar-refractivity contribution in [2.24, 2.45) is 5.92 Å². The molecule has 1 aromatic heterocycles. The van der Waals surface area contributed by atoms with Gasteiger partial charge in [0.2, 0.25) is 11.8 Å². The van der Waals surface area contributed by atoms with Crippen LogP contribution in [-0.2, 0) is 43.2 Å². The van der Waals surface area contributed by atoms with E-state index in [2.05, 4.69) is 15.2 Å². The number of benzene rings is 2. The van der Waals surface area contributed by atoms with Gasteiger partial charge in [-0.3, -0.25) is 14.4 Å². The second kappa shape index (κ2) is 16.7. The number of carbonyl (C=O) groups is 3. The maximum absolute atomic E-state index is 13.6. The number of esters is 1. The van der Waals surface area contributed by atoms with E-state index in [1.54, 1.807) is 6.92 Å². The predicted octanol–water partition coefficient (Wildman–Crippen LogP) is 3.17. The Morgan fingerprint density at radius 2 is 1.95 bits per heavy atom. The number of carbonyl (C=O) groups excluding carboxylic acids is 3. The number of rotatable bonds is 13. The normalized spacial score (nSPS) is 16.4. The van der Waals surface area contributed by atoms with E-state index in [-0.39, 0.29) is 31.4 Å². The highest BCUT2D eigenvalue weighted by Gasteiger charge is 2.29. The van der Waals surface area contributed by atoms with Gasteiger partial charge in [-0.1, -0.05) is 30.3 Å². The van der Waals surface area contributed by atoms with E-state index in [0.717, 1.165) is 27.8 Å². The first-order valence-corrected chi connectivity index (χ1v) is 15.2. The molecule has 0 aliphatic carbocycles. The molecule has 2 bridgehead atoms. The van der Waals surface area contributed by atoms with Crippen LogP contribution in [0, 0.1) is 5.92 Å². The molecule has 0 saturated heterocycles. The van der Waals surface area contributed by atoms with Crippen LogP contribution in [0.25, 0.3) is 10.9 Å². The summed E-state index contributed by atoms with van der Waals surface area (Å²) < 4.78 is 18.6. The first-order valence-electron chi connectivity index (χ1n) is 15.2. The summed E-state index contributed by atoms with van der Waals surface area (Å²) >= 11 is 0. The Kier molecular flexibility index (Phi) is 12.4. The lowest BCUT2D eigenvalue weighted by atomic mass is 9.94. The van der Waals surface area contributed by atoms with Gasteiger partial charge in [-0.2, -0.15) is 0 Å². The van der Waals surface area contributed by atoms with Crippen molar-refractivity contribution in [3.8, 4) is 5.75 Å². The minimum Gasteiger partial charge on any atom is -0.494 e. The van der Waals surface area contributed by atoms with Crippen LogP contribution < -0.4 is 15.4 Å². The predicted molar refractivity (Wildman–Crippen MR) is 163 cm³/mol. The van der Waals surface area contributed by atoms with Gasteiger partial charge in [-0.15, -0.1) is 0 Å². The summed E-state index contributed by atoms with van der Waals surface area (Å²) in [7, 11) is 0. The SMILES string of the molecule is CCOC(=O)C[C@@H](CCCc1ccc(OCCCO)cc1)C(=O)N[C@H]1Cc2cn(c3ccccc23)CCOCCNC1=O. The van der Waals surface area contributed by atoms with Gasteiger partial charge in [0.25, 0.3) is 0 Å². The van der Waals surface area contributed by atoms with Crippen LogP contribution in [-0.4, -0.2) is 73.1 Å². The molecule has 1 aliphatic heterocycles. The van der Waals surface area contributed by atoms with E-state index < -0.39 is 17.9 Å². The highest BCUT2D eigenvalue weighted by atomic mass is 16.5. The maximum Gasteiger partial charge on any atom is 0.306 e. The molecule has 4 rings (SSSR count). The largest absolute Gasteiger partial charge is 0.494 e. The molecule has 10 heteroatoms. The molecule has 2 atom stereocenters. The number of ether oxygens (including phenoxy) is 3. The molecule has 1 aliphatic rings. The van der Waals surface area contributed by atoms with Gasteiger partial charge in [0.1, 0.15) is 11.8 Å². The molecule has 0 fully saturated rings. The molecule has 2 heterocycles. The van der Waals surface area contributed by atoms with Gasteiger partial charge < -0.3 is 34.5 Å². The Hall–Kier alpha value is -3.89. The summed E-state index contributed by atoms with van der Waals surface area (Å²) in [4.78, 5) is 39.4. The second-order valence-electron chi connectivity index (χ2n) is 10.7. The molecule has 0 radical (unpaired) electrons. The third-order valence-electron chi connectivity index (χ3n) is 7.55. The number of hydrogen-bond donors (Lipinski definition) is 3. The fraction of sp³-hybridized carbons (Fsp3) is 0.485. The number of aliphatic hydroxyl groups is 1. The van der Waals surface area contributed by atoms with Crippen LogP contribution in [0.3, 0.4) is 0 Å². The second-order valence-corrected chi connectivity index (χ2v) is 10.7. The van der Waals surface area contributed by atoms with Crippen molar-refractivity contribution in [3.05, 3.63) is 65.9 Å². The van der Waals surface area contributed by atoms with E-state index in [9.17, 15) is 14.4 Å². The van der Waals surface area contributed by atoms with E-state index in [0.29, 0.717) is 65.0 Å². The molecule has 232 valence electrons. The number of hydrogen-bond acceptors (Lipinski definition) is 7. The number of nitrogens with one attached hydrogen (secondary N) is 2. The highest BCUT2D eigenvalue weighted by Crippen LogP contribution is 2.24. The summed E-state index contributed by atoms with van der Waals surface area (Å²) in [5.41, 5.74) is 3.10. The smallest absolute Gasteiger partial charge is 0.306 e. The van der Waals surface area contributed by atoms with Crippen molar-refractivity contribution >= 4 is 28.7 Å². The van der Waals surface area contributed by atoms with Crippen LogP contribution in [0.4, 0.5) is 0 Å². The number of aliphatic hydroxyl groups excluding tert-OH is 1. The zero-order valence-electron chi connectivity index (χ0n) is 24.9. The van der Waals surface area contributed by atoms with Crippen molar-refractivity contribution < 1.29 is 33.7 Å². The van der Waals surface area contributed by atoms with Gasteiger partial charge in [-0.25, -0.2) is 0 Å². The Bertz CT molecular complexity index is 1340. The summed E-state index contributed by atoms with van der Waals surface area (Å²) in [5, 5.41) is 15.8. The molecule has 3 aromatic rings. The number of para-hydroxylation sites is 1. The van der Waals surface area contributed by atoms with Crippen molar-refractivity contribution in [2.75, 3.05) is 39.6 Å². The first kappa shape index (κ1) is 32.0. The highest BCUT2D eigenvalue weighted by molar-refractivity contribution is 5.91. The lowest BCUT2D eigenvalue weighted by Gasteiger charge is -2.22. The van der Waals surface area contributed by atoms with E-state index in [1.807, 2.05) is 54.7 Å². The zero-order valence-corrected chi connectivity index (χ0v) is 24.9. The quantitative estimate of drug-likeness (QED) is 0.205. The van der Waals surface area contributed by atoms with Gasteiger partial charge >= 0.3 is 5.97 Å². The Labute approximate surface area is 252 Å². The van der Waals surface area contributed by atoms with E-state index in [1.165, 1.54) is 0 Å². The number of nitrogens with zero attached hydrogens (tertiary/aromatic N) is 1. The summed E-state index contributed by atoms with van der Waals surface area (Å²) in [6, 6.07) is 14.9. The van der Waals surface area contributed by atoms with Crippen LogP contribution >= 0.6 is 0 Å². The summed E-state index contributed by atoms with van der Waals surface area (Å²) in [6.07, 6.45) is 4.72. The van der Waals surface area contributed by atoms with Crippen LogP contribution in [0.5, 0.6) is 5.75 Å². The Balaban J connectivity index is 1.45. The molecular formula is C33H43N3O7. The average Bonchev–Trinajstić information content (AvgIpc) is 3.35. The monoisotopic (exact) mass is 593 g/mol. The molecule has 2 amide bonds. The van der Waals surface area contributed by atoms with Gasteiger partial charge in [-0.05, 0) is 55.5 Å². The number of aryl methyl sites for hydroxylation is 1. The lowest BCUT2D eigenvalue weighted by Crippen LogP contribution is -2.50. The third-order valence-corrected chi connectivity index (χ3v) is 7.55. The van der Waals surface area contributed by atoms with Crippen molar-refractivity contribution in [1.29, 1.82) is 0 Å². The van der Waals surface area contributed by atoms with Gasteiger partial charge in [0.05, 0.1) is 32.8 Å². The molecule has 0 unspecified atom stereocenters. The summed E-state index contributed by atoms with van der Waals surface area (Å²) in [6.45, 7) is 4.45. The summed E-state index contributed by atoms with van der Waals surface area (Å²) in [5.74, 6) is -0.963. The van der Waals surface area contributed by atoms with Gasteiger partial charge in [0.15, 0.2) is 0 Å². The fourth-order valence-corrected chi connectivity index (χ4v) is 5.33. The minimum absolute atomic E-state index is 0.0568. The number of fused-ring (bicyclic) bond motifs is 5. The lowest BCUT2D eigenvalue weighted by molar-refractivity contribution is -0.146. The number of aromatic nitrogens is 1. The van der Waals surface area contributed by atoms with Crippen molar-refractivity contribution in [3.63, 3.8) is 0 Å². The van der Waals surface area contributed by atoms with Crippen LogP contribution in [0.15, 0.2) is 54.7 Å². The van der Waals surface area contributed by atoms with Crippen molar-refractivity contribution in [1.82, 2.24) is 15.2 Å². The minimum atomic E-state index is -0.811. The molecule has 0 saturated carbocycles. The van der Waals surface area contributed by atoms with Gasteiger partial charge in [0, 0.05) is 55.6 Å². The number of amides is 2. The first-order chi connectivity index (χ1) is 21.0. The Morgan fingerprint density at radius 3 is 2.74 bits per heavy atom. The molecule has 10 nitrogen and oxygen atoms in total. The topological polar surface area (TPSA) is 128 Å². The molecule has 2 aromatic carbocycles. The standard InChI is InChI=1S/C33H43N3O7/c1-2-42-31(38)22-25(8-5-7-24-11-13-27(14-12-24)43-18-6-17-37)32(39)35-29-21-26-23-36(30-10-4-3-9-28(26)30)16-20-41-19-15-34-33(29)40/h3-4,9-14,23,25,29,37H,2,5-8,15-22H2,1H3,(H,34,40)(H,35,39)/t25-,29+/m1/s1. The van der Waals surface area contributed by atoms with Crippen LogP contribution in [0.2, 0.25) is 0 Å².